The Labute approximate surface area is 101 Å². The SMILES string of the molecule is OCC1CC(n2cc(N3CCOCC3)cn2)C1. The number of rotatable bonds is 3. The lowest BCUT2D eigenvalue weighted by molar-refractivity contribution is 0.105. The monoisotopic (exact) mass is 237 g/mol. The van der Waals surface area contributed by atoms with Crippen molar-refractivity contribution in [1.82, 2.24) is 9.78 Å². The summed E-state index contributed by atoms with van der Waals surface area (Å²) in [6.45, 7) is 3.84. The molecule has 94 valence electrons. The molecule has 0 bridgehead atoms. The van der Waals surface area contributed by atoms with Crippen LogP contribution in [0.5, 0.6) is 0 Å². The molecule has 0 spiro atoms. The van der Waals surface area contributed by atoms with E-state index in [4.69, 9.17) is 9.84 Å². The molecule has 2 fully saturated rings. The van der Waals surface area contributed by atoms with Gasteiger partial charge in [-0.05, 0) is 18.8 Å². The Hall–Kier alpha value is -1.07. The smallest absolute Gasteiger partial charge is 0.0754 e. The quantitative estimate of drug-likeness (QED) is 0.839. The lowest BCUT2D eigenvalue weighted by Crippen LogP contribution is -2.36. The van der Waals surface area contributed by atoms with Gasteiger partial charge in [0.2, 0.25) is 0 Å². The minimum atomic E-state index is 0.314. The zero-order valence-corrected chi connectivity index (χ0v) is 9.96. The maximum atomic E-state index is 9.01. The summed E-state index contributed by atoms with van der Waals surface area (Å²) in [5.74, 6) is 0.482. The van der Waals surface area contributed by atoms with E-state index in [2.05, 4.69) is 20.9 Å². The van der Waals surface area contributed by atoms with Gasteiger partial charge >= 0.3 is 0 Å². The fraction of sp³-hybridized carbons (Fsp3) is 0.750. The van der Waals surface area contributed by atoms with E-state index in [0.717, 1.165) is 39.1 Å². The number of aliphatic hydroxyl groups excluding tert-OH is 1. The molecule has 0 radical (unpaired) electrons. The van der Waals surface area contributed by atoms with Crippen molar-refractivity contribution in [2.45, 2.75) is 18.9 Å². The highest BCUT2D eigenvalue weighted by atomic mass is 16.5. The minimum Gasteiger partial charge on any atom is -0.396 e. The van der Waals surface area contributed by atoms with Gasteiger partial charge in [-0.15, -0.1) is 0 Å². The van der Waals surface area contributed by atoms with E-state index >= 15 is 0 Å². The van der Waals surface area contributed by atoms with Crippen LogP contribution < -0.4 is 4.90 Å². The first kappa shape index (κ1) is 11.0. The summed E-state index contributed by atoms with van der Waals surface area (Å²) in [7, 11) is 0. The molecular formula is C12H19N3O2. The highest BCUT2D eigenvalue weighted by molar-refractivity contribution is 5.42. The molecular weight excluding hydrogens is 218 g/mol. The Morgan fingerprint density at radius 2 is 2.12 bits per heavy atom. The van der Waals surface area contributed by atoms with Gasteiger partial charge in [-0.2, -0.15) is 5.10 Å². The molecule has 1 aromatic heterocycles. The number of aliphatic hydroxyl groups is 1. The van der Waals surface area contributed by atoms with Gasteiger partial charge in [0.25, 0.3) is 0 Å². The van der Waals surface area contributed by atoms with Crippen LogP contribution in [0.2, 0.25) is 0 Å². The number of morpholine rings is 1. The first-order valence-electron chi connectivity index (χ1n) is 6.34. The number of hydrogen-bond acceptors (Lipinski definition) is 4. The highest BCUT2D eigenvalue weighted by Gasteiger charge is 2.30. The Balaban J connectivity index is 1.62. The number of anilines is 1. The normalized spacial score (nSPS) is 29.1. The van der Waals surface area contributed by atoms with Gasteiger partial charge in [0, 0.05) is 25.9 Å². The third kappa shape index (κ3) is 2.17. The number of ether oxygens (including phenoxy) is 1. The van der Waals surface area contributed by atoms with Crippen LogP contribution >= 0.6 is 0 Å². The van der Waals surface area contributed by atoms with Gasteiger partial charge in [-0.25, -0.2) is 0 Å². The van der Waals surface area contributed by atoms with Crippen molar-refractivity contribution >= 4 is 5.69 Å². The molecule has 17 heavy (non-hydrogen) atoms. The summed E-state index contributed by atoms with van der Waals surface area (Å²) in [5, 5.41) is 13.4. The molecule has 1 aliphatic heterocycles. The average molecular weight is 237 g/mol. The van der Waals surface area contributed by atoms with Crippen LogP contribution in [0, 0.1) is 5.92 Å². The van der Waals surface area contributed by atoms with E-state index < -0.39 is 0 Å². The van der Waals surface area contributed by atoms with Crippen LogP contribution in [-0.2, 0) is 4.74 Å². The average Bonchev–Trinajstić information content (AvgIpc) is 2.78. The summed E-state index contributed by atoms with van der Waals surface area (Å²) in [4.78, 5) is 2.31. The van der Waals surface area contributed by atoms with Gasteiger partial charge in [0.1, 0.15) is 0 Å². The zero-order chi connectivity index (χ0) is 11.7. The first-order chi connectivity index (χ1) is 8.36. The molecule has 0 amide bonds. The van der Waals surface area contributed by atoms with Gasteiger partial charge in [0.05, 0.1) is 31.1 Å². The second-order valence-electron chi connectivity index (χ2n) is 4.95. The fourth-order valence-electron chi connectivity index (χ4n) is 2.58. The molecule has 1 saturated heterocycles. The minimum absolute atomic E-state index is 0.314. The van der Waals surface area contributed by atoms with Gasteiger partial charge in [-0.1, -0.05) is 0 Å². The van der Waals surface area contributed by atoms with Crippen LogP contribution in [0.15, 0.2) is 12.4 Å². The summed E-state index contributed by atoms with van der Waals surface area (Å²) in [6, 6.07) is 0.488. The Morgan fingerprint density at radius 1 is 1.35 bits per heavy atom. The molecule has 0 unspecified atom stereocenters. The number of nitrogens with zero attached hydrogens (tertiary/aromatic N) is 3. The highest BCUT2D eigenvalue weighted by Crippen LogP contribution is 2.37. The van der Waals surface area contributed by atoms with Crippen LogP contribution in [-0.4, -0.2) is 47.8 Å². The summed E-state index contributed by atoms with van der Waals surface area (Å²) in [6.07, 6.45) is 6.18. The number of hydrogen-bond donors (Lipinski definition) is 1. The van der Waals surface area contributed by atoms with E-state index in [1.807, 2.05) is 6.20 Å². The zero-order valence-electron chi connectivity index (χ0n) is 9.96. The van der Waals surface area contributed by atoms with Crippen molar-refractivity contribution in [3.8, 4) is 0 Å². The van der Waals surface area contributed by atoms with Crippen molar-refractivity contribution in [3.63, 3.8) is 0 Å². The van der Waals surface area contributed by atoms with Crippen molar-refractivity contribution in [2.75, 3.05) is 37.8 Å². The van der Waals surface area contributed by atoms with E-state index in [-0.39, 0.29) is 0 Å². The van der Waals surface area contributed by atoms with Crippen molar-refractivity contribution in [1.29, 1.82) is 0 Å². The Kier molecular flexibility index (Phi) is 3.03. The standard InChI is InChI=1S/C12H19N3O2/c16-9-10-5-11(6-10)15-8-12(7-13-15)14-1-3-17-4-2-14/h7-8,10-11,16H,1-6,9H2. The summed E-state index contributed by atoms with van der Waals surface area (Å²) >= 11 is 0. The van der Waals surface area contributed by atoms with E-state index in [1.54, 1.807) is 0 Å². The maximum Gasteiger partial charge on any atom is 0.0754 e. The maximum absolute atomic E-state index is 9.01. The third-order valence-electron chi connectivity index (χ3n) is 3.81. The molecule has 0 aromatic carbocycles. The second kappa shape index (κ2) is 4.66. The van der Waals surface area contributed by atoms with E-state index in [9.17, 15) is 0 Å². The van der Waals surface area contributed by atoms with Crippen LogP contribution in [0.4, 0.5) is 5.69 Å². The van der Waals surface area contributed by atoms with E-state index in [0.29, 0.717) is 18.6 Å². The second-order valence-corrected chi connectivity index (χ2v) is 4.95. The van der Waals surface area contributed by atoms with Crippen LogP contribution in [0.3, 0.4) is 0 Å². The van der Waals surface area contributed by atoms with Crippen molar-refractivity contribution in [2.24, 2.45) is 5.92 Å². The molecule has 0 atom stereocenters. The third-order valence-corrected chi connectivity index (χ3v) is 3.81. The Bertz CT molecular complexity index is 368. The van der Waals surface area contributed by atoms with Gasteiger partial charge in [-0.3, -0.25) is 4.68 Å². The van der Waals surface area contributed by atoms with Crippen LogP contribution in [0.1, 0.15) is 18.9 Å². The molecule has 1 aromatic rings. The Morgan fingerprint density at radius 3 is 2.82 bits per heavy atom. The largest absolute Gasteiger partial charge is 0.396 e. The van der Waals surface area contributed by atoms with Crippen molar-refractivity contribution in [3.05, 3.63) is 12.4 Å². The predicted molar refractivity (Wildman–Crippen MR) is 64.1 cm³/mol. The predicted octanol–water partition coefficient (Wildman–Crippen LogP) is 0.663. The lowest BCUT2D eigenvalue weighted by Gasteiger charge is -2.34. The van der Waals surface area contributed by atoms with Gasteiger partial charge < -0.3 is 14.7 Å². The number of aromatic nitrogens is 2. The summed E-state index contributed by atoms with van der Waals surface area (Å²) in [5.41, 5.74) is 1.20. The summed E-state index contributed by atoms with van der Waals surface area (Å²) < 4.78 is 7.39. The molecule has 1 saturated carbocycles. The molecule has 1 aliphatic carbocycles. The van der Waals surface area contributed by atoms with Gasteiger partial charge in [0.15, 0.2) is 0 Å². The lowest BCUT2D eigenvalue weighted by atomic mass is 9.81. The molecule has 1 N–H and O–H groups in total. The topological polar surface area (TPSA) is 50.5 Å². The molecule has 5 nitrogen and oxygen atoms in total. The van der Waals surface area contributed by atoms with E-state index in [1.165, 1.54) is 5.69 Å². The van der Waals surface area contributed by atoms with Crippen molar-refractivity contribution < 1.29 is 9.84 Å². The molecule has 3 rings (SSSR count). The van der Waals surface area contributed by atoms with Crippen LogP contribution in [0.25, 0.3) is 0 Å². The first-order valence-corrected chi connectivity index (χ1v) is 6.34. The molecule has 2 aliphatic rings. The fourth-order valence-corrected chi connectivity index (χ4v) is 2.58. The molecule has 2 heterocycles. The molecule has 5 heteroatoms.